The number of aliphatic imine (C=N–C) groups is 1. The summed E-state index contributed by atoms with van der Waals surface area (Å²) in [5, 5.41) is 23.4. The number of nitrogens with zero attached hydrogens (tertiary/aromatic N) is 2. The van der Waals surface area contributed by atoms with Crippen LogP contribution in [-0.4, -0.2) is 40.7 Å². The van der Waals surface area contributed by atoms with Crippen LogP contribution >= 0.6 is 0 Å². The number of nitrogen functional groups attached to an aromatic ring is 1. The Bertz CT molecular complexity index is 1040. The standard InChI is InChI=1S/C25H34N4O4/c1-6-33-23-13-19(26)16(14-27-18-11-17(12-18)25(4,5)31)10-20(23)28-24(30)22-9-7-8-21(15(2)3)29(22)32/h7-10,13-15,17-18,26,30-32H,6,11-12H2,1-5H3/p+1. The number of nitrogens with two attached hydrogens (primary N) is 1. The van der Waals surface area contributed by atoms with E-state index in [-0.39, 0.29) is 23.6 Å². The van der Waals surface area contributed by atoms with Gasteiger partial charge in [0.2, 0.25) is 5.69 Å². The van der Waals surface area contributed by atoms with Crippen molar-refractivity contribution in [1.29, 1.82) is 0 Å². The van der Waals surface area contributed by atoms with Gasteiger partial charge in [0.25, 0.3) is 0 Å². The Morgan fingerprint density at radius 3 is 2.67 bits per heavy atom. The molecular weight excluding hydrogens is 420 g/mol. The maximum Gasteiger partial charge on any atom is 0.325 e. The van der Waals surface area contributed by atoms with Crippen molar-refractivity contribution in [3.05, 3.63) is 47.3 Å². The summed E-state index contributed by atoms with van der Waals surface area (Å²) in [6.07, 6.45) is 3.35. The Balaban J connectivity index is 1.83. The Morgan fingerprint density at radius 2 is 2.06 bits per heavy atom. The summed E-state index contributed by atoms with van der Waals surface area (Å²) in [6.45, 7) is 9.77. The van der Waals surface area contributed by atoms with E-state index in [0.717, 1.165) is 17.6 Å². The lowest BCUT2D eigenvalue weighted by molar-refractivity contribution is -0.911. The first-order chi connectivity index (χ1) is 15.5. The number of amides is 1. The van der Waals surface area contributed by atoms with Crippen LogP contribution in [0.1, 0.15) is 75.1 Å². The molecule has 3 rings (SSSR count). The zero-order valence-corrected chi connectivity index (χ0v) is 20.0. The highest BCUT2D eigenvalue weighted by atomic mass is 16.5. The van der Waals surface area contributed by atoms with Gasteiger partial charge in [0.1, 0.15) is 5.75 Å². The smallest absolute Gasteiger partial charge is 0.325 e. The molecule has 8 heteroatoms. The number of hydrogen-bond acceptors (Lipinski definition) is 6. The fraction of sp³-hybridized carbons (Fsp3) is 0.480. The monoisotopic (exact) mass is 455 g/mol. The summed E-state index contributed by atoms with van der Waals surface area (Å²) in [5.41, 5.74) is 7.84. The van der Waals surface area contributed by atoms with Gasteiger partial charge in [-0.1, -0.05) is 13.8 Å². The molecule has 2 aromatic rings. The molecule has 1 saturated carbocycles. The number of carbonyl (C=O) groups is 1. The average molecular weight is 456 g/mol. The summed E-state index contributed by atoms with van der Waals surface area (Å²) in [4.78, 5) is 17.6. The quantitative estimate of drug-likeness (QED) is 0.210. The summed E-state index contributed by atoms with van der Waals surface area (Å²) in [7, 11) is 0. The molecule has 0 unspecified atom stereocenters. The zero-order valence-electron chi connectivity index (χ0n) is 20.0. The molecule has 0 spiro atoms. The number of aromatic nitrogens is 1. The average Bonchev–Trinajstić information content (AvgIpc) is 2.68. The fourth-order valence-electron chi connectivity index (χ4n) is 3.88. The number of nitrogens with one attached hydrogen (secondary N) is 1. The molecule has 1 aliphatic carbocycles. The molecule has 1 heterocycles. The van der Waals surface area contributed by atoms with E-state index >= 15 is 0 Å². The summed E-state index contributed by atoms with van der Waals surface area (Å²) < 4.78 is 6.59. The van der Waals surface area contributed by atoms with Gasteiger partial charge in [-0.2, -0.15) is 0 Å². The summed E-state index contributed by atoms with van der Waals surface area (Å²) >= 11 is 0. The van der Waals surface area contributed by atoms with Crippen LogP contribution in [0.4, 0.5) is 11.4 Å². The molecule has 8 nitrogen and oxygen atoms in total. The maximum atomic E-state index is 13.0. The number of pyridine rings is 1. The van der Waals surface area contributed by atoms with Crippen LogP contribution < -0.4 is 20.5 Å². The van der Waals surface area contributed by atoms with E-state index in [1.807, 2.05) is 34.6 Å². The largest absolute Gasteiger partial charge is 0.492 e. The van der Waals surface area contributed by atoms with Gasteiger partial charge >= 0.3 is 11.6 Å². The lowest BCUT2D eigenvalue weighted by atomic mass is 9.71. The van der Waals surface area contributed by atoms with E-state index in [1.54, 1.807) is 36.5 Å². The Kier molecular flexibility index (Phi) is 7.27. The van der Waals surface area contributed by atoms with Crippen LogP contribution in [0.5, 0.6) is 5.75 Å². The lowest BCUT2D eigenvalue weighted by Gasteiger charge is -2.40. The van der Waals surface area contributed by atoms with Crippen molar-refractivity contribution in [3.8, 4) is 5.75 Å². The Morgan fingerprint density at radius 1 is 1.36 bits per heavy atom. The van der Waals surface area contributed by atoms with Crippen LogP contribution in [0, 0.1) is 5.92 Å². The van der Waals surface area contributed by atoms with Crippen LogP contribution in [0.15, 0.2) is 35.3 Å². The molecule has 1 aromatic heterocycles. The van der Waals surface area contributed by atoms with Crippen LogP contribution in [0.2, 0.25) is 0 Å². The van der Waals surface area contributed by atoms with Crippen molar-refractivity contribution in [3.63, 3.8) is 0 Å². The molecule has 1 aliphatic rings. The first-order valence-corrected chi connectivity index (χ1v) is 11.4. The van der Waals surface area contributed by atoms with Crippen molar-refractivity contribution in [1.82, 2.24) is 0 Å². The van der Waals surface area contributed by atoms with Gasteiger partial charge in [0.05, 0.1) is 23.9 Å². The minimum absolute atomic E-state index is 0.0450. The van der Waals surface area contributed by atoms with E-state index in [1.165, 1.54) is 0 Å². The first kappa shape index (κ1) is 24.5. The van der Waals surface area contributed by atoms with Crippen molar-refractivity contribution >= 4 is 23.5 Å². The molecule has 5 N–H and O–H groups in total. The Hall–Kier alpha value is -3.13. The number of rotatable bonds is 8. The number of hydrogen-bond donors (Lipinski definition) is 4. The molecule has 0 aliphatic heterocycles. The third-order valence-electron chi connectivity index (χ3n) is 6.09. The number of aliphatic hydroxyl groups is 1. The zero-order chi connectivity index (χ0) is 24.3. The van der Waals surface area contributed by atoms with Gasteiger partial charge in [-0.15, -0.1) is 0 Å². The SMILES string of the molecule is CCOc1cc(N)c(C=NC2CC(C(C)(C)O)C2)cc1NC(=O)c1cccc(C(C)C)[n+]1O. The minimum Gasteiger partial charge on any atom is -0.492 e. The van der Waals surface area contributed by atoms with E-state index in [0.29, 0.717) is 35.0 Å². The lowest BCUT2D eigenvalue weighted by Crippen LogP contribution is -2.43. The van der Waals surface area contributed by atoms with Crippen molar-refractivity contribution in [2.75, 3.05) is 17.7 Å². The van der Waals surface area contributed by atoms with E-state index in [2.05, 4.69) is 10.3 Å². The van der Waals surface area contributed by atoms with Crippen molar-refractivity contribution < 1.29 is 24.6 Å². The fourth-order valence-corrected chi connectivity index (χ4v) is 3.88. The van der Waals surface area contributed by atoms with Crippen LogP contribution in [0.25, 0.3) is 0 Å². The topological polar surface area (TPSA) is 121 Å². The molecule has 0 bridgehead atoms. The van der Waals surface area contributed by atoms with Gasteiger partial charge < -0.3 is 20.9 Å². The number of anilines is 2. The molecule has 33 heavy (non-hydrogen) atoms. The van der Waals surface area contributed by atoms with Crippen molar-refractivity contribution in [2.45, 2.75) is 65.0 Å². The van der Waals surface area contributed by atoms with Gasteiger partial charge in [-0.3, -0.25) is 15.0 Å². The third kappa shape index (κ3) is 5.63. The molecular formula is C25H35N4O4+. The van der Waals surface area contributed by atoms with Gasteiger partial charge in [0.15, 0.2) is 0 Å². The third-order valence-corrected chi connectivity index (χ3v) is 6.09. The number of ether oxygens (including phenoxy) is 1. The molecule has 1 aromatic carbocycles. The normalized spacial score (nSPS) is 18.4. The predicted octanol–water partition coefficient (Wildman–Crippen LogP) is 3.54. The van der Waals surface area contributed by atoms with E-state index < -0.39 is 11.5 Å². The molecule has 178 valence electrons. The number of benzene rings is 1. The Labute approximate surface area is 195 Å². The molecule has 0 saturated heterocycles. The molecule has 0 atom stereocenters. The summed E-state index contributed by atoms with van der Waals surface area (Å²) in [5.74, 6) is 0.249. The van der Waals surface area contributed by atoms with Gasteiger partial charge in [-0.05, 0) is 51.7 Å². The highest BCUT2D eigenvalue weighted by Gasteiger charge is 2.38. The molecule has 0 radical (unpaired) electrons. The molecule has 1 fully saturated rings. The van der Waals surface area contributed by atoms with E-state index in [4.69, 9.17) is 10.5 Å². The number of carbonyl (C=O) groups excluding carboxylic acids is 1. The van der Waals surface area contributed by atoms with E-state index in [9.17, 15) is 15.1 Å². The maximum absolute atomic E-state index is 13.0. The predicted molar refractivity (Wildman–Crippen MR) is 128 cm³/mol. The highest BCUT2D eigenvalue weighted by Crippen LogP contribution is 2.38. The van der Waals surface area contributed by atoms with Gasteiger partial charge in [0, 0.05) is 46.3 Å². The second kappa shape index (κ2) is 9.79. The van der Waals surface area contributed by atoms with Crippen LogP contribution in [-0.2, 0) is 0 Å². The molecule has 1 amide bonds. The van der Waals surface area contributed by atoms with Crippen molar-refractivity contribution in [2.24, 2.45) is 10.9 Å². The first-order valence-electron chi connectivity index (χ1n) is 11.4. The minimum atomic E-state index is -0.696. The van der Waals surface area contributed by atoms with Crippen LogP contribution in [0.3, 0.4) is 0 Å². The van der Waals surface area contributed by atoms with Gasteiger partial charge in [-0.25, -0.2) is 0 Å². The second-order valence-corrected chi connectivity index (χ2v) is 9.42. The summed E-state index contributed by atoms with van der Waals surface area (Å²) in [6, 6.07) is 8.59. The highest BCUT2D eigenvalue weighted by molar-refractivity contribution is 6.04. The second-order valence-electron chi connectivity index (χ2n) is 9.42.